The van der Waals surface area contributed by atoms with Gasteiger partial charge in [-0.15, -0.1) is 0 Å². The van der Waals surface area contributed by atoms with Crippen LogP contribution in [0.1, 0.15) is 12.5 Å². The number of hydrogen-bond donors (Lipinski definition) is 2. The van der Waals surface area contributed by atoms with E-state index in [1.165, 1.54) is 12.1 Å². The molecule has 0 saturated carbocycles. The van der Waals surface area contributed by atoms with Crippen LogP contribution in [0.2, 0.25) is 0 Å². The standard InChI is InChI=1S/C13H19FN2O3S/c1-10(2)16-19-9-12(14)8-15-20(17,18)13-6-4-11(3)5-7-13/h4-7,12,15-16H,1,8-9H2,2-3H3. The van der Waals surface area contributed by atoms with E-state index in [0.717, 1.165) is 5.56 Å². The third-order valence-electron chi connectivity index (χ3n) is 2.34. The molecular formula is C13H19FN2O3S. The molecule has 20 heavy (non-hydrogen) atoms. The van der Waals surface area contributed by atoms with Gasteiger partial charge in [0.1, 0.15) is 12.8 Å². The Labute approximate surface area is 118 Å². The van der Waals surface area contributed by atoms with Gasteiger partial charge in [-0.05, 0) is 26.0 Å². The molecule has 0 saturated heterocycles. The van der Waals surface area contributed by atoms with Crippen molar-refractivity contribution in [1.29, 1.82) is 0 Å². The van der Waals surface area contributed by atoms with Crippen molar-refractivity contribution in [1.82, 2.24) is 10.2 Å². The van der Waals surface area contributed by atoms with Crippen molar-refractivity contribution in [3.63, 3.8) is 0 Å². The molecule has 1 rings (SSSR count). The Morgan fingerprint density at radius 3 is 2.55 bits per heavy atom. The van der Waals surface area contributed by atoms with Crippen LogP contribution < -0.4 is 10.2 Å². The summed E-state index contributed by atoms with van der Waals surface area (Å²) in [5.74, 6) is 0. The molecule has 5 nitrogen and oxygen atoms in total. The topological polar surface area (TPSA) is 67.4 Å². The van der Waals surface area contributed by atoms with Gasteiger partial charge < -0.3 is 0 Å². The van der Waals surface area contributed by atoms with Gasteiger partial charge in [-0.1, -0.05) is 24.3 Å². The van der Waals surface area contributed by atoms with E-state index in [-0.39, 0.29) is 18.0 Å². The molecule has 0 aliphatic rings. The minimum atomic E-state index is -3.70. The molecule has 0 aliphatic carbocycles. The molecule has 0 spiro atoms. The van der Waals surface area contributed by atoms with Gasteiger partial charge in [-0.3, -0.25) is 10.3 Å². The molecule has 0 aromatic heterocycles. The van der Waals surface area contributed by atoms with Crippen molar-refractivity contribution in [3.8, 4) is 0 Å². The SMILES string of the molecule is C=C(C)NOCC(F)CNS(=O)(=O)c1ccc(C)cc1. The van der Waals surface area contributed by atoms with Crippen molar-refractivity contribution in [2.45, 2.75) is 24.9 Å². The van der Waals surface area contributed by atoms with Gasteiger partial charge in [0.25, 0.3) is 0 Å². The molecule has 0 bridgehead atoms. The minimum Gasteiger partial charge on any atom is -0.273 e. The third-order valence-corrected chi connectivity index (χ3v) is 3.78. The molecule has 112 valence electrons. The van der Waals surface area contributed by atoms with Gasteiger partial charge in [0.2, 0.25) is 10.0 Å². The third kappa shape index (κ3) is 5.68. The van der Waals surface area contributed by atoms with E-state index in [1.807, 2.05) is 6.92 Å². The number of sulfonamides is 1. The zero-order valence-corrected chi connectivity index (χ0v) is 12.3. The second-order valence-electron chi connectivity index (χ2n) is 4.46. The Morgan fingerprint density at radius 2 is 2.00 bits per heavy atom. The summed E-state index contributed by atoms with van der Waals surface area (Å²) in [7, 11) is -3.70. The van der Waals surface area contributed by atoms with E-state index in [1.54, 1.807) is 19.1 Å². The van der Waals surface area contributed by atoms with E-state index in [2.05, 4.69) is 16.8 Å². The van der Waals surface area contributed by atoms with E-state index < -0.39 is 16.2 Å². The molecule has 1 aromatic rings. The molecular weight excluding hydrogens is 283 g/mol. The van der Waals surface area contributed by atoms with Crippen LogP contribution in [0.15, 0.2) is 41.4 Å². The summed E-state index contributed by atoms with van der Waals surface area (Å²) in [4.78, 5) is 4.89. The average Bonchev–Trinajstić information content (AvgIpc) is 2.36. The highest BCUT2D eigenvalue weighted by Crippen LogP contribution is 2.09. The molecule has 0 amide bonds. The number of benzene rings is 1. The highest BCUT2D eigenvalue weighted by Gasteiger charge is 2.16. The molecule has 0 heterocycles. The first-order chi connectivity index (χ1) is 9.31. The van der Waals surface area contributed by atoms with Crippen LogP contribution >= 0.6 is 0 Å². The van der Waals surface area contributed by atoms with Gasteiger partial charge in [-0.25, -0.2) is 17.5 Å². The first-order valence-corrected chi connectivity index (χ1v) is 7.53. The van der Waals surface area contributed by atoms with Crippen molar-refractivity contribution in [2.75, 3.05) is 13.2 Å². The maximum absolute atomic E-state index is 13.4. The number of hydrogen-bond acceptors (Lipinski definition) is 4. The molecule has 1 unspecified atom stereocenters. The number of hydroxylamine groups is 1. The monoisotopic (exact) mass is 302 g/mol. The number of allylic oxidation sites excluding steroid dienone is 1. The second-order valence-corrected chi connectivity index (χ2v) is 6.22. The van der Waals surface area contributed by atoms with Gasteiger partial charge in [-0.2, -0.15) is 0 Å². The van der Waals surface area contributed by atoms with Crippen LogP contribution in [0.3, 0.4) is 0 Å². The summed E-state index contributed by atoms with van der Waals surface area (Å²) in [6.45, 7) is 6.40. The summed E-state index contributed by atoms with van der Waals surface area (Å²) in [6.07, 6.45) is -1.46. The maximum atomic E-state index is 13.4. The highest BCUT2D eigenvalue weighted by atomic mass is 32.2. The summed E-state index contributed by atoms with van der Waals surface area (Å²) >= 11 is 0. The zero-order valence-electron chi connectivity index (χ0n) is 11.5. The van der Waals surface area contributed by atoms with Crippen LogP contribution in [0.5, 0.6) is 0 Å². The van der Waals surface area contributed by atoms with Gasteiger partial charge in [0.05, 0.1) is 4.90 Å². The minimum absolute atomic E-state index is 0.108. The Balaban J connectivity index is 2.47. The van der Waals surface area contributed by atoms with E-state index >= 15 is 0 Å². The fourth-order valence-corrected chi connectivity index (χ4v) is 2.38. The van der Waals surface area contributed by atoms with Crippen LogP contribution in [0.4, 0.5) is 4.39 Å². The van der Waals surface area contributed by atoms with E-state index in [0.29, 0.717) is 5.70 Å². The fraction of sp³-hybridized carbons (Fsp3) is 0.385. The lowest BCUT2D eigenvalue weighted by molar-refractivity contribution is 0.0263. The van der Waals surface area contributed by atoms with Crippen molar-refractivity contribution in [3.05, 3.63) is 42.1 Å². The van der Waals surface area contributed by atoms with E-state index in [9.17, 15) is 12.8 Å². The van der Waals surface area contributed by atoms with Crippen LogP contribution in [-0.4, -0.2) is 27.7 Å². The quantitative estimate of drug-likeness (QED) is 0.717. The molecule has 0 aliphatic heterocycles. The van der Waals surface area contributed by atoms with Crippen LogP contribution in [0.25, 0.3) is 0 Å². The molecule has 1 atom stereocenters. The van der Waals surface area contributed by atoms with Gasteiger partial charge >= 0.3 is 0 Å². The molecule has 0 radical (unpaired) electrons. The lowest BCUT2D eigenvalue weighted by Gasteiger charge is -2.11. The number of alkyl halides is 1. The Kier molecular flexibility index (Phi) is 6.12. The van der Waals surface area contributed by atoms with Crippen LogP contribution in [-0.2, 0) is 14.9 Å². The number of halogens is 1. The number of aryl methyl sites for hydroxylation is 1. The number of nitrogens with one attached hydrogen (secondary N) is 2. The average molecular weight is 302 g/mol. The molecule has 1 aromatic carbocycles. The lowest BCUT2D eigenvalue weighted by atomic mass is 10.2. The van der Waals surface area contributed by atoms with Crippen molar-refractivity contribution in [2.24, 2.45) is 0 Å². The molecule has 0 fully saturated rings. The Bertz CT molecular complexity index is 543. The predicted octanol–water partition coefficient (Wildman–Crippen LogP) is 1.67. The lowest BCUT2D eigenvalue weighted by Crippen LogP contribution is -2.33. The summed E-state index contributed by atoms with van der Waals surface area (Å²) < 4.78 is 39.4. The number of rotatable bonds is 8. The summed E-state index contributed by atoms with van der Waals surface area (Å²) in [5.41, 5.74) is 3.89. The van der Waals surface area contributed by atoms with E-state index in [4.69, 9.17) is 4.84 Å². The fourth-order valence-electron chi connectivity index (χ4n) is 1.32. The normalized spacial score (nSPS) is 12.9. The summed E-state index contributed by atoms with van der Waals surface area (Å²) in [6, 6.07) is 6.32. The molecule has 2 N–H and O–H groups in total. The van der Waals surface area contributed by atoms with Crippen LogP contribution in [0, 0.1) is 6.92 Å². The largest absolute Gasteiger partial charge is 0.273 e. The Hall–Kier alpha value is -1.44. The second kappa shape index (κ2) is 7.37. The van der Waals surface area contributed by atoms with Gasteiger partial charge in [0.15, 0.2) is 0 Å². The molecule has 7 heteroatoms. The highest BCUT2D eigenvalue weighted by molar-refractivity contribution is 7.89. The first kappa shape index (κ1) is 16.6. The Morgan fingerprint density at radius 1 is 1.40 bits per heavy atom. The summed E-state index contributed by atoms with van der Waals surface area (Å²) in [5, 5.41) is 0. The predicted molar refractivity (Wildman–Crippen MR) is 75.2 cm³/mol. The zero-order chi connectivity index (χ0) is 15.2. The van der Waals surface area contributed by atoms with Crippen molar-refractivity contribution < 1.29 is 17.6 Å². The maximum Gasteiger partial charge on any atom is 0.240 e. The van der Waals surface area contributed by atoms with Gasteiger partial charge in [0, 0.05) is 12.2 Å². The van der Waals surface area contributed by atoms with Crippen molar-refractivity contribution >= 4 is 10.0 Å². The smallest absolute Gasteiger partial charge is 0.240 e. The first-order valence-electron chi connectivity index (χ1n) is 6.05.